The van der Waals surface area contributed by atoms with E-state index in [0.717, 1.165) is 23.8 Å². The number of likely N-dealkylation sites (tertiary alicyclic amines) is 1. The highest BCUT2D eigenvalue weighted by Crippen LogP contribution is 2.26. The maximum absolute atomic E-state index is 11.6. The maximum Gasteiger partial charge on any atom is 0.222 e. The lowest BCUT2D eigenvalue weighted by atomic mass is 10.2. The number of thiophene rings is 1. The van der Waals surface area contributed by atoms with Gasteiger partial charge in [0.1, 0.15) is 0 Å². The number of hydrogen-bond donors (Lipinski definition) is 1. The molecule has 1 aromatic rings. The molecular formula is C13H19ClN2OS. The van der Waals surface area contributed by atoms with E-state index in [4.69, 9.17) is 11.6 Å². The molecule has 1 aliphatic rings. The normalized spacial score (nSPS) is 19.3. The molecule has 2 heterocycles. The molecule has 0 bridgehead atoms. The number of rotatable bonds is 5. The van der Waals surface area contributed by atoms with Crippen molar-refractivity contribution in [2.75, 3.05) is 13.1 Å². The molecule has 1 fully saturated rings. The maximum atomic E-state index is 11.6. The molecule has 2 unspecified atom stereocenters. The molecule has 100 valence electrons. The summed E-state index contributed by atoms with van der Waals surface area (Å²) < 4.78 is 0.820. The summed E-state index contributed by atoms with van der Waals surface area (Å²) in [7, 11) is 0. The third-order valence-corrected chi connectivity index (χ3v) is 4.63. The Morgan fingerprint density at radius 1 is 1.50 bits per heavy atom. The van der Waals surface area contributed by atoms with Gasteiger partial charge in [-0.3, -0.25) is 4.79 Å². The number of hydrogen-bond acceptors (Lipinski definition) is 3. The lowest BCUT2D eigenvalue weighted by Gasteiger charge is -2.24. The third kappa shape index (κ3) is 3.46. The number of carbonyl (C=O) groups is 1. The molecule has 1 amide bonds. The Morgan fingerprint density at radius 2 is 2.28 bits per heavy atom. The Bertz CT molecular complexity index is 421. The van der Waals surface area contributed by atoms with Crippen LogP contribution in [0.25, 0.3) is 0 Å². The SMILES string of the molecule is CC(CN1CCCC1=O)NC(C)c1ccc(Cl)s1. The average Bonchev–Trinajstić information content (AvgIpc) is 2.89. The van der Waals surface area contributed by atoms with Crippen LogP contribution in [0.15, 0.2) is 12.1 Å². The number of halogens is 1. The first-order valence-corrected chi connectivity index (χ1v) is 7.55. The van der Waals surface area contributed by atoms with Gasteiger partial charge in [0.05, 0.1) is 4.34 Å². The second kappa shape index (κ2) is 6.04. The van der Waals surface area contributed by atoms with E-state index in [1.165, 1.54) is 4.88 Å². The molecule has 2 rings (SSSR count). The fourth-order valence-electron chi connectivity index (χ4n) is 2.35. The Balaban J connectivity index is 1.83. The van der Waals surface area contributed by atoms with Crippen molar-refractivity contribution < 1.29 is 4.79 Å². The summed E-state index contributed by atoms with van der Waals surface area (Å²) in [4.78, 5) is 14.7. The fourth-order valence-corrected chi connectivity index (χ4v) is 3.42. The minimum absolute atomic E-state index is 0.273. The van der Waals surface area contributed by atoms with Crippen LogP contribution < -0.4 is 5.32 Å². The zero-order valence-electron chi connectivity index (χ0n) is 10.8. The zero-order chi connectivity index (χ0) is 13.1. The first kappa shape index (κ1) is 13.8. The van der Waals surface area contributed by atoms with E-state index in [2.05, 4.69) is 25.2 Å². The Hall–Kier alpha value is -0.580. The molecule has 5 heteroatoms. The van der Waals surface area contributed by atoms with Crippen LogP contribution in [0.4, 0.5) is 0 Å². The van der Waals surface area contributed by atoms with Crippen molar-refractivity contribution in [3.63, 3.8) is 0 Å². The van der Waals surface area contributed by atoms with Crippen molar-refractivity contribution >= 4 is 28.8 Å². The largest absolute Gasteiger partial charge is 0.341 e. The van der Waals surface area contributed by atoms with Gasteiger partial charge in [-0.25, -0.2) is 0 Å². The van der Waals surface area contributed by atoms with Crippen LogP contribution >= 0.6 is 22.9 Å². The quantitative estimate of drug-likeness (QED) is 0.902. The number of nitrogens with one attached hydrogen (secondary N) is 1. The monoisotopic (exact) mass is 286 g/mol. The first-order chi connectivity index (χ1) is 8.56. The molecule has 18 heavy (non-hydrogen) atoms. The third-order valence-electron chi connectivity index (χ3n) is 3.22. The Kier molecular flexibility index (Phi) is 4.65. The standard InChI is InChI=1S/C13H19ClN2OS/c1-9(8-16-7-3-4-13(16)17)15-10(2)11-5-6-12(14)18-11/h5-6,9-10,15H,3-4,7-8H2,1-2H3. The van der Waals surface area contributed by atoms with Crippen molar-refractivity contribution in [3.05, 3.63) is 21.3 Å². The highest BCUT2D eigenvalue weighted by atomic mass is 35.5. The van der Waals surface area contributed by atoms with Crippen LogP contribution in [-0.2, 0) is 4.79 Å². The second-order valence-electron chi connectivity index (χ2n) is 4.87. The topological polar surface area (TPSA) is 32.3 Å². The summed E-state index contributed by atoms with van der Waals surface area (Å²) in [6.07, 6.45) is 1.71. The molecule has 1 N–H and O–H groups in total. The van der Waals surface area contributed by atoms with Crippen molar-refractivity contribution in [2.45, 2.75) is 38.8 Å². The van der Waals surface area contributed by atoms with Crippen molar-refractivity contribution in [3.8, 4) is 0 Å². The predicted molar refractivity (Wildman–Crippen MR) is 76.2 cm³/mol. The minimum Gasteiger partial charge on any atom is -0.341 e. The zero-order valence-corrected chi connectivity index (χ0v) is 12.4. The van der Waals surface area contributed by atoms with E-state index in [0.29, 0.717) is 12.5 Å². The van der Waals surface area contributed by atoms with Gasteiger partial charge >= 0.3 is 0 Å². The molecule has 1 saturated heterocycles. The number of nitrogens with zero attached hydrogens (tertiary/aromatic N) is 1. The van der Waals surface area contributed by atoms with Crippen LogP contribution in [0.2, 0.25) is 4.34 Å². The summed E-state index contributed by atoms with van der Waals surface area (Å²) in [6, 6.07) is 4.55. The van der Waals surface area contributed by atoms with E-state index in [-0.39, 0.29) is 11.9 Å². The summed E-state index contributed by atoms with van der Waals surface area (Å²) >= 11 is 7.54. The minimum atomic E-state index is 0.273. The van der Waals surface area contributed by atoms with Gasteiger partial charge in [0, 0.05) is 36.5 Å². The van der Waals surface area contributed by atoms with Crippen molar-refractivity contribution in [1.29, 1.82) is 0 Å². The van der Waals surface area contributed by atoms with Gasteiger partial charge in [0.25, 0.3) is 0 Å². The summed E-state index contributed by atoms with van der Waals surface area (Å²) in [5.74, 6) is 0.287. The van der Waals surface area contributed by atoms with Crippen molar-refractivity contribution in [2.24, 2.45) is 0 Å². The van der Waals surface area contributed by atoms with Gasteiger partial charge in [-0.15, -0.1) is 11.3 Å². The molecular weight excluding hydrogens is 268 g/mol. The molecule has 3 nitrogen and oxygen atoms in total. The van der Waals surface area contributed by atoms with Crippen LogP contribution in [0.5, 0.6) is 0 Å². The Morgan fingerprint density at radius 3 is 2.83 bits per heavy atom. The fraction of sp³-hybridized carbons (Fsp3) is 0.615. The van der Waals surface area contributed by atoms with Gasteiger partial charge in [-0.2, -0.15) is 0 Å². The number of amides is 1. The smallest absolute Gasteiger partial charge is 0.222 e. The van der Waals surface area contributed by atoms with Crippen LogP contribution in [0.3, 0.4) is 0 Å². The summed E-state index contributed by atoms with van der Waals surface area (Å²) in [5.41, 5.74) is 0. The molecule has 1 aliphatic heterocycles. The van der Waals surface area contributed by atoms with E-state index in [1.54, 1.807) is 11.3 Å². The van der Waals surface area contributed by atoms with Gasteiger partial charge < -0.3 is 10.2 Å². The van der Waals surface area contributed by atoms with Crippen LogP contribution in [-0.4, -0.2) is 29.9 Å². The van der Waals surface area contributed by atoms with Crippen molar-refractivity contribution in [1.82, 2.24) is 10.2 Å². The summed E-state index contributed by atoms with van der Waals surface area (Å²) in [5, 5.41) is 3.51. The highest BCUT2D eigenvalue weighted by molar-refractivity contribution is 7.16. The van der Waals surface area contributed by atoms with E-state index < -0.39 is 0 Å². The van der Waals surface area contributed by atoms with E-state index in [1.807, 2.05) is 11.0 Å². The van der Waals surface area contributed by atoms with Gasteiger partial charge in [0.15, 0.2) is 0 Å². The van der Waals surface area contributed by atoms with E-state index in [9.17, 15) is 4.79 Å². The molecule has 0 saturated carbocycles. The van der Waals surface area contributed by atoms with Gasteiger partial charge in [0.2, 0.25) is 5.91 Å². The van der Waals surface area contributed by atoms with Gasteiger partial charge in [-0.1, -0.05) is 11.6 Å². The lowest BCUT2D eigenvalue weighted by molar-refractivity contribution is -0.127. The molecule has 0 aliphatic carbocycles. The summed E-state index contributed by atoms with van der Waals surface area (Å²) in [6.45, 7) is 5.95. The van der Waals surface area contributed by atoms with Crippen LogP contribution in [0, 0.1) is 0 Å². The molecule has 2 atom stereocenters. The molecule has 0 radical (unpaired) electrons. The average molecular weight is 287 g/mol. The van der Waals surface area contributed by atoms with Gasteiger partial charge in [-0.05, 0) is 32.4 Å². The van der Waals surface area contributed by atoms with E-state index >= 15 is 0 Å². The molecule has 1 aromatic heterocycles. The molecule has 0 aromatic carbocycles. The Labute approximate surface area is 117 Å². The lowest BCUT2D eigenvalue weighted by Crippen LogP contribution is -2.40. The molecule has 0 spiro atoms. The first-order valence-electron chi connectivity index (χ1n) is 6.35. The highest BCUT2D eigenvalue weighted by Gasteiger charge is 2.22. The second-order valence-corrected chi connectivity index (χ2v) is 6.62. The predicted octanol–water partition coefficient (Wildman–Crippen LogP) is 3.06. The van der Waals surface area contributed by atoms with Crippen LogP contribution in [0.1, 0.15) is 37.6 Å². The number of carbonyl (C=O) groups excluding carboxylic acids is 1.